The molecule has 0 aliphatic carbocycles. The monoisotopic (exact) mass is 576 g/mol. The van der Waals surface area contributed by atoms with E-state index in [9.17, 15) is 9.59 Å². The van der Waals surface area contributed by atoms with Crippen LogP contribution in [0.5, 0.6) is 0 Å². The highest BCUT2D eigenvalue weighted by Gasteiger charge is 2.10. The van der Waals surface area contributed by atoms with Crippen LogP contribution in [-0.4, -0.2) is 47.9 Å². The van der Waals surface area contributed by atoms with Crippen LogP contribution in [0, 0.1) is 0 Å². The summed E-state index contributed by atoms with van der Waals surface area (Å²) >= 11 is 3.48. The van der Waals surface area contributed by atoms with E-state index in [-0.39, 0.29) is 36.4 Å². The number of benzene rings is 1. The number of hydrogen-bond acceptors (Lipinski definition) is 3. The molecule has 0 fully saturated rings. The number of carbonyl (C=O) groups excluding carboxylic acids is 2. The number of carbonyl (C=O) groups is 2. The highest BCUT2D eigenvalue weighted by atomic mass is 127. The molecule has 0 aliphatic heterocycles. The van der Waals surface area contributed by atoms with E-state index in [1.807, 2.05) is 37.3 Å². The van der Waals surface area contributed by atoms with Crippen molar-refractivity contribution < 1.29 is 9.59 Å². The van der Waals surface area contributed by atoms with Crippen LogP contribution < -0.4 is 16.4 Å². The number of nitrogens with one attached hydrogen (secondary N) is 2. The third-order valence-electron chi connectivity index (χ3n) is 4.14. The number of guanidine groups is 1. The van der Waals surface area contributed by atoms with Crippen LogP contribution in [0.2, 0.25) is 0 Å². The zero-order valence-electron chi connectivity index (χ0n) is 16.6. The largest absolute Gasteiger partial charge is 0.368 e. The highest BCUT2D eigenvalue weighted by molar-refractivity contribution is 14.0. The maximum atomic E-state index is 11.9. The van der Waals surface area contributed by atoms with Crippen LogP contribution >= 0.6 is 39.9 Å². The van der Waals surface area contributed by atoms with Gasteiger partial charge < -0.3 is 25.8 Å². The molecule has 0 bridgehead atoms. The first-order valence-corrected chi connectivity index (χ1v) is 9.47. The molecule has 0 radical (unpaired) electrons. The summed E-state index contributed by atoms with van der Waals surface area (Å²) in [6, 6.07) is 9.20. The fraction of sp³-hybridized carbons (Fsp3) is 0.316. The molecule has 0 aliphatic rings. The minimum atomic E-state index is -0.577. The summed E-state index contributed by atoms with van der Waals surface area (Å²) in [7, 11) is 5.72. The maximum absolute atomic E-state index is 11.9. The summed E-state index contributed by atoms with van der Waals surface area (Å²) in [5, 5.41) is 5.78. The van der Waals surface area contributed by atoms with Crippen LogP contribution in [-0.2, 0) is 24.9 Å². The van der Waals surface area contributed by atoms with Crippen LogP contribution in [0.25, 0.3) is 0 Å². The molecule has 0 saturated heterocycles. The van der Waals surface area contributed by atoms with Gasteiger partial charge in [-0.25, -0.2) is 0 Å². The lowest BCUT2D eigenvalue weighted by Crippen LogP contribution is -2.38. The van der Waals surface area contributed by atoms with Gasteiger partial charge in [-0.3, -0.25) is 14.6 Å². The Morgan fingerprint density at radius 2 is 1.90 bits per heavy atom. The summed E-state index contributed by atoms with van der Waals surface area (Å²) in [5.74, 6) is -0.143. The number of aliphatic imine (C=N–C) groups is 1. The summed E-state index contributed by atoms with van der Waals surface area (Å²) in [4.78, 5) is 29.0. The fourth-order valence-electron chi connectivity index (χ4n) is 2.65. The molecular weight excluding hydrogens is 551 g/mol. The normalized spacial score (nSPS) is 10.8. The van der Waals surface area contributed by atoms with Crippen molar-refractivity contribution >= 4 is 57.7 Å². The van der Waals surface area contributed by atoms with E-state index in [1.165, 1.54) is 0 Å². The number of hydrogen-bond donors (Lipinski definition) is 3. The van der Waals surface area contributed by atoms with Gasteiger partial charge in [-0.2, -0.15) is 0 Å². The van der Waals surface area contributed by atoms with Crippen LogP contribution in [0.4, 0.5) is 0 Å². The SMILES string of the molecule is CN=C(NCc1ccc(C(=O)NCC(N)=O)cc1)N(C)Cc1cc(Br)cn1C.I. The maximum Gasteiger partial charge on any atom is 0.251 e. The number of halogens is 2. The summed E-state index contributed by atoms with van der Waals surface area (Å²) in [6.07, 6.45) is 2.01. The second-order valence-corrected chi connectivity index (χ2v) is 7.28. The Hall–Kier alpha value is -2.08. The Morgan fingerprint density at radius 1 is 1.24 bits per heavy atom. The molecule has 0 unspecified atom stereocenters. The van der Waals surface area contributed by atoms with Crippen molar-refractivity contribution in [3.63, 3.8) is 0 Å². The predicted octanol–water partition coefficient (Wildman–Crippen LogP) is 1.83. The first-order valence-electron chi connectivity index (χ1n) is 8.68. The van der Waals surface area contributed by atoms with Gasteiger partial charge in [-0.05, 0) is 39.7 Å². The average Bonchev–Trinajstić information content (AvgIpc) is 2.97. The molecule has 2 aromatic rings. The molecule has 8 nitrogen and oxygen atoms in total. The van der Waals surface area contributed by atoms with Crippen molar-refractivity contribution in [3.8, 4) is 0 Å². The van der Waals surface area contributed by atoms with E-state index in [0.29, 0.717) is 18.7 Å². The molecule has 1 aromatic heterocycles. The topological polar surface area (TPSA) is 105 Å². The van der Waals surface area contributed by atoms with Gasteiger partial charge in [-0.15, -0.1) is 24.0 Å². The van der Waals surface area contributed by atoms with Gasteiger partial charge in [0.2, 0.25) is 5.91 Å². The quantitative estimate of drug-likeness (QED) is 0.266. The highest BCUT2D eigenvalue weighted by Crippen LogP contribution is 2.15. The van der Waals surface area contributed by atoms with E-state index in [2.05, 4.69) is 42.2 Å². The van der Waals surface area contributed by atoms with Crippen LogP contribution in [0.1, 0.15) is 21.6 Å². The smallest absolute Gasteiger partial charge is 0.251 e. The summed E-state index contributed by atoms with van der Waals surface area (Å²) in [6.45, 7) is 1.10. The van der Waals surface area contributed by atoms with Crippen molar-refractivity contribution in [2.45, 2.75) is 13.1 Å². The second-order valence-electron chi connectivity index (χ2n) is 6.36. The van der Waals surface area contributed by atoms with E-state index >= 15 is 0 Å². The molecule has 2 amide bonds. The fourth-order valence-corrected chi connectivity index (χ4v) is 3.22. The number of rotatable bonds is 7. The minimum Gasteiger partial charge on any atom is -0.368 e. The van der Waals surface area contributed by atoms with E-state index in [0.717, 1.165) is 21.7 Å². The summed E-state index contributed by atoms with van der Waals surface area (Å²) in [5.41, 5.74) is 7.66. The Bertz CT molecular complexity index is 866. The molecule has 158 valence electrons. The van der Waals surface area contributed by atoms with Crippen molar-refractivity contribution in [2.75, 3.05) is 20.6 Å². The standard InChI is InChI=1S/C19H25BrN6O2.HI/c1-22-19(26(3)12-16-8-15(20)11-25(16)2)24-9-13-4-6-14(7-5-13)18(28)23-10-17(21)27;/h4-8,11H,9-10,12H2,1-3H3,(H2,21,27)(H,22,24)(H,23,28);1H. The molecule has 0 spiro atoms. The number of aromatic nitrogens is 1. The van der Waals surface area contributed by atoms with Gasteiger partial charge in [0.25, 0.3) is 5.91 Å². The zero-order valence-corrected chi connectivity index (χ0v) is 20.5. The van der Waals surface area contributed by atoms with Gasteiger partial charge in [0.1, 0.15) is 0 Å². The van der Waals surface area contributed by atoms with Crippen LogP contribution in [0.15, 0.2) is 46.0 Å². The van der Waals surface area contributed by atoms with Gasteiger partial charge in [0.15, 0.2) is 5.96 Å². The van der Waals surface area contributed by atoms with Gasteiger partial charge >= 0.3 is 0 Å². The lowest BCUT2D eigenvalue weighted by molar-refractivity contribution is -0.117. The molecule has 10 heteroatoms. The lowest BCUT2D eigenvalue weighted by atomic mass is 10.1. The molecule has 0 atom stereocenters. The molecular formula is C19H26BrIN6O2. The Morgan fingerprint density at radius 3 is 2.41 bits per heavy atom. The van der Waals surface area contributed by atoms with E-state index in [1.54, 1.807) is 19.2 Å². The number of nitrogens with two attached hydrogens (primary N) is 1. The van der Waals surface area contributed by atoms with Crippen molar-refractivity contribution in [1.82, 2.24) is 20.1 Å². The lowest BCUT2D eigenvalue weighted by Gasteiger charge is -2.22. The second kappa shape index (κ2) is 11.8. The predicted molar refractivity (Wildman–Crippen MR) is 128 cm³/mol. The Kier molecular flexibility index (Phi) is 10.2. The molecule has 1 aromatic carbocycles. The molecule has 1 heterocycles. The van der Waals surface area contributed by atoms with Crippen molar-refractivity contribution in [3.05, 3.63) is 57.8 Å². The zero-order chi connectivity index (χ0) is 20.7. The van der Waals surface area contributed by atoms with Crippen molar-refractivity contribution in [2.24, 2.45) is 17.8 Å². The van der Waals surface area contributed by atoms with Gasteiger partial charge in [0, 0.05) is 49.6 Å². The Labute approximate surface area is 196 Å². The van der Waals surface area contributed by atoms with Crippen LogP contribution in [0.3, 0.4) is 0 Å². The average molecular weight is 577 g/mol. The first-order chi connectivity index (χ1) is 13.3. The third kappa shape index (κ3) is 7.69. The molecule has 2 rings (SSSR count). The third-order valence-corrected chi connectivity index (χ3v) is 4.57. The number of amides is 2. The number of nitrogens with zero attached hydrogens (tertiary/aromatic N) is 3. The summed E-state index contributed by atoms with van der Waals surface area (Å²) < 4.78 is 3.11. The first kappa shape index (κ1) is 25.0. The van der Waals surface area contributed by atoms with Crippen molar-refractivity contribution in [1.29, 1.82) is 0 Å². The molecule has 4 N–H and O–H groups in total. The van der Waals surface area contributed by atoms with Gasteiger partial charge in [-0.1, -0.05) is 12.1 Å². The minimum absolute atomic E-state index is 0. The van der Waals surface area contributed by atoms with E-state index < -0.39 is 5.91 Å². The number of primary amides is 1. The number of aryl methyl sites for hydroxylation is 1. The van der Waals surface area contributed by atoms with E-state index in [4.69, 9.17) is 5.73 Å². The molecule has 0 saturated carbocycles. The van der Waals surface area contributed by atoms with Gasteiger partial charge in [0.05, 0.1) is 13.1 Å². The molecule has 29 heavy (non-hydrogen) atoms. The Balaban J connectivity index is 0.00000420.